The van der Waals surface area contributed by atoms with Gasteiger partial charge >= 0.3 is 0 Å². The monoisotopic (exact) mass is 200 g/mol. The van der Waals surface area contributed by atoms with Crippen molar-refractivity contribution >= 4 is 5.52 Å². The first-order chi connectivity index (χ1) is 7.27. The maximum absolute atomic E-state index is 9.00. The maximum Gasteiger partial charge on any atom is 0.166 e. The minimum absolute atomic E-state index is 0.498. The molecule has 0 bridgehead atoms. The minimum atomic E-state index is 0.498. The van der Waals surface area contributed by atoms with Crippen LogP contribution in [0, 0.1) is 18.3 Å². The largest absolute Gasteiger partial charge is 0.313 e. The van der Waals surface area contributed by atoms with Gasteiger partial charge in [-0.15, -0.1) is 0 Å². The van der Waals surface area contributed by atoms with Crippen molar-refractivity contribution in [2.45, 2.75) is 13.5 Å². The summed E-state index contributed by atoms with van der Waals surface area (Å²) < 4.78 is 1.96. The van der Waals surface area contributed by atoms with Crippen LogP contribution in [0.4, 0.5) is 0 Å². The number of hydrogen-bond donors (Lipinski definition) is 1. The van der Waals surface area contributed by atoms with Gasteiger partial charge in [-0.2, -0.15) is 5.26 Å². The lowest BCUT2D eigenvalue weighted by molar-refractivity contribution is 0.754. The number of imidazole rings is 1. The summed E-state index contributed by atoms with van der Waals surface area (Å²) >= 11 is 0. The molecule has 76 valence electrons. The van der Waals surface area contributed by atoms with Crippen molar-refractivity contribution in [1.29, 1.82) is 5.26 Å². The number of nitrogens with one attached hydrogen (secondary N) is 1. The second-order valence-electron chi connectivity index (χ2n) is 3.43. The summed E-state index contributed by atoms with van der Waals surface area (Å²) in [5.41, 5.74) is 2.48. The predicted octanol–water partition coefficient (Wildman–Crippen LogP) is 1.23. The minimum Gasteiger partial charge on any atom is -0.313 e. The Labute approximate surface area is 88.2 Å². The van der Waals surface area contributed by atoms with Gasteiger partial charge in [-0.05, 0) is 25.6 Å². The third kappa shape index (κ3) is 1.47. The topological polar surface area (TPSA) is 53.1 Å². The number of pyridine rings is 1. The van der Waals surface area contributed by atoms with Crippen LogP contribution < -0.4 is 5.32 Å². The summed E-state index contributed by atoms with van der Waals surface area (Å²) in [6.07, 6.45) is 1.93. The molecule has 4 nitrogen and oxygen atoms in total. The summed E-state index contributed by atoms with van der Waals surface area (Å²) in [5, 5.41) is 12.0. The molecule has 0 unspecified atom stereocenters. The van der Waals surface area contributed by atoms with Crippen LogP contribution in [0.3, 0.4) is 0 Å². The van der Waals surface area contributed by atoms with E-state index in [0.717, 1.165) is 16.9 Å². The lowest BCUT2D eigenvalue weighted by Crippen LogP contribution is -2.08. The van der Waals surface area contributed by atoms with E-state index >= 15 is 0 Å². The van der Waals surface area contributed by atoms with Crippen LogP contribution in [-0.2, 0) is 6.54 Å². The Morgan fingerprint density at radius 2 is 2.40 bits per heavy atom. The van der Waals surface area contributed by atoms with Crippen LogP contribution in [0.25, 0.3) is 5.52 Å². The standard InChI is InChI=1S/C11H12N4/c1-8-4-3-5-15-10(7-13-2)14-9(6-12)11(8)15/h3-5,13H,7H2,1-2H3. The Morgan fingerprint density at radius 3 is 3.07 bits per heavy atom. The Morgan fingerprint density at radius 1 is 1.60 bits per heavy atom. The molecule has 0 radical (unpaired) electrons. The van der Waals surface area contributed by atoms with Gasteiger partial charge in [-0.1, -0.05) is 6.07 Å². The molecule has 0 aliphatic rings. The van der Waals surface area contributed by atoms with E-state index < -0.39 is 0 Å². The van der Waals surface area contributed by atoms with Crippen LogP contribution in [0.5, 0.6) is 0 Å². The molecule has 2 aromatic rings. The van der Waals surface area contributed by atoms with Crippen molar-refractivity contribution < 1.29 is 0 Å². The molecule has 0 saturated carbocycles. The zero-order valence-corrected chi connectivity index (χ0v) is 8.78. The van der Waals surface area contributed by atoms with E-state index in [1.54, 1.807) is 0 Å². The van der Waals surface area contributed by atoms with E-state index in [9.17, 15) is 0 Å². The summed E-state index contributed by atoms with van der Waals surface area (Å²) in [6, 6.07) is 6.08. The number of rotatable bonds is 2. The lowest BCUT2D eigenvalue weighted by atomic mass is 10.2. The fourth-order valence-corrected chi connectivity index (χ4v) is 1.73. The van der Waals surface area contributed by atoms with E-state index in [1.807, 2.05) is 36.7 Å². The van der Waals surface area contributed by atoms with Gasteiger partial charge in [0.1, 0.15) is 11.9 Å². The van der Waals surface area contributed by atoms with Crippen LogP contribution in [-0.4, -0.2) is 16.4 Å². The molecule has 0 aliphatic carbocycles. The molecule has 1 N–H and O–H groups in total. The van der Waals surface area contributed by atoms with Gasteiger partial charge < -0.3 is 9.72 Å². The molecule has 0 aliphatic heterocycles. The fraction of sp³-hybridized carbons (Fsp3) is 0.273. The Bertz CT molecular complexity index is 533. The van der Waals surface area contributed by atoms with Crippen molar-refractivity contribution in [2.24, 2.45) is 0 Å². The molecule has 0 saturated heterocycles. The SMILES string of the molecule is CNCc1nc(C#N)c2c(C)cccn12. The molecule has 0 spiro atoms. The highest BCUT2D eigenvalue weighted by atomic mass is 15.1. The van der Waals surface area contributed by atoms with Crippen molar-refractivity contribution in [1.82, 2.24) is 14.7 Å². The molecule has 0 fully saturated rings. The number of aromatic nitrogens is 2. The average Bonchev–Trinajstić information content (AvgIpc) is 2.59. The first kappa shape index (κ1) is 9.69. The van der Waals surface area contributed by atoms with Crippen molar-refractivity contribution in [2.75, 3.05) is 7.05 Å². The first-order valence-corrected chi connectivity index (χ1v) is 4.79. The highest BCUT2D eigenvalue weighted by Crippen LogP contribution is 2.16. The van der Waals surface area contributed by atoms with E-state index in [0.29, 0.717) is 12.2 Å². The average molecular weight is 200 g/mol. The fourth-order valence-electron chi connectivity index (χ4n) is 1.73. The van der Waals surface area contributed by atoms with Gasteiger partial charge in [0, 0.05) is 6.20 Å². The zero-order valence-electron chi connectivity index (χ0n) is 8.78. The smallest absolute Gasteiger partial charge is 0.166 e. The van der Waals surface area contributed by atoms with Gasteiger partial charge in [0.15, 0.2) is 5.69 Å². The molecule has 0 aromatic carbocycles. The Balaban J connectivity index is 2.76. The highest BCUT2D eigenvalue weighted by Gasteiger charge is 2.11. The summed E-state index contributed by atoms with van der Waals surface area (Å²) in [4.78, 5) is 4.30. The number of fused-ring (bicyclic) bond motifs is 1. The normalized spacial score (nSPS) is 10.5. The number of aryl methyl sites for hydroxylation is 1. The molecular formula is C11H12N4. The summed E-state index contributed by atoms with van der Waals surface area (Å²) in [5.74, 6) is 0.868. The maximum atomic E-state index is 9.00. The predicted molar refractivity (Wildman–Crippen MR) is 57.4 cm³/mol. The molecular weight excluding hydrogens is 188 g/mol. The Kier molecular flexibility index (Phi) is 2.40. The number of nitrogens with zero attached hydrogens (tertiary/aromatic N) is 3. The van der Waals surface area contributed by atoms with Crippen molar-refractivity contribution in [3.63, 3.8) is 0 Å². The second-order valence-corrected chi connectivity index (χ2v) is 3.43. The van der Waals surface area contributed by atoms with Gasteiger partial charge in [-0.25, -0.2) is 4.98 Å². The van der Waals surface area contributed by atoms with Gasteiger partial charge in [0.2, 0.25) is 0 Å². The van der Waals surface area contributed by atoms with E-state index in [4.69, 9.17) is 5.26 Å². The van der Waals surface area contributed by atoms with Crippen LogP contribution in [0.15, 0.2) is 18.3 Å². The van der Waals surface area contributed by atoms with E-state index in [1.165, 1.54) is 0 Å². The molecule has 15 heavy (non-hydrogen) atoms. The first-order valence-electron chi connectivity index (χ1n) is 4.79. The number of hydrogen-bond acceptors (Lipinski definition) is 3. The summed E-state index contributed by atoms with van der Waals surface area (Å²) in [7, 11) is 1.86. The van der Waals surface area contributed by atoms with Crippen LogP contribution in [0.2, 0.25) is 0 Å². The third-order valence-electron chi connectivity index (χ3n) is 2.38. The molecule has 2 aromatic heterocycles. The van der Waals surface area contributed by atoms with Crippen molar-refractivity contribution in [3.05, 3.63) is 35.4 Å². The van der Waals surface area contributed by atoms with Crippen molar-refractivity contribution in [3.8, 4) is 6.07 Å². The van der Waals surface area contributed by atoms with E-state index in [2.05, 4.69) is 16.4 Å². The summed E-state index contributed by atoms with van der Waals surface area (Å²) in [6.45, 7) is 2.65. The van der Waals surface area contributed by atoms with Crippen LogP contribution >= 0.6 is 0 Å². The molecule has 0 amide bonds. The van der Waals surface area contributed by atoms with Crippen LogP contribution in [0.1, 0.15) is 17.1 Å². The lowest BCUT2D eigenvalue weighted by Gasteiger charge is -2.01. The highest BCUT2D eigenvalue weighted by molar-refractivity contribution is 5.63. The molecule has 4 heteroatoms. The Hall–Kier alpha value is -1.86. The molecule has 2 heterocycles. The second kappa shape index (κ2) is 3.71. The molecule has 0 atom stereocenters. The van der Waals surface area contributed by atoms with Gasteiger partial charge in [0.05, 0.1) is 12.1 Å². The van der Waals surface area contributed by atoms with Gasteiger partial charge in [0.25, 0.3) is 0 Å². The quantitative estimate of drug-likeness (QED) is 0.793. The van der Waals surface area contributed by atoms with Gasteiger partial charge in [-0.3, -0.25) is 0 Å². The molecule has 2 rings (SSSR count). The zero-order chi connectivity index (χ0) is 10.8. The number of nitriles is 1. The third-order valence-corrected chi connectivity index (χ3v) is 2.38. The van der Waals surface area contributed by atoms with E-state index in [-0.39, 0.29) is 0 Å².